The van der Waals surface area contributed by atoms with E-state index in [1.165, 1.54) is 0 Å². The fourth-order valence-electron chi connectivity index (χ4n) is 2.06. The lowest BCUT2D eigenvalue weighted by Crippen LogP contribution is -2.22. The van der Waals surface area contributed by atoms with Crippen molar-refractivity contribution in [1.29, 1.82) is 0 Å². The summed E-state index contributed by atoms with van der Waals surface area (Å²) < 4.78 is 0. The number of nitrogens with two attached hydrogens (primary N) is 1. The lowest BCUT2D eigenvalue weighted by Gasteiger charge is -2.16. The maximum absolute atomic E-state index is 9.65. The smallest absolute Gasteiger partial charge is 0.146 e. The molecule has 1 aliphatic rings. The maximum Gasteiger partial charge on any atom is 0.146 e. The van der Waals surface area contributed by atoms with Crippen LogP contribution in [-0.2, 0) is 0 Å². The van der Waals surface area contributed by atoms with E-state index in [0.29, 0.717) is 11.7 Å². The van der Waals surface area contributed by atoms with Gasteiger partial charge in [-0.05, 0) is 25.0 Å². The molecule has 82 valence electrons. The van der Waals surface area contributed by atoms with Crippen molar-refractivity contribution in [2.75, 3.05) is 17.6 Å². The van der Waals surface area contributed by atoms with Crippen molar-refractivity contribution in [1.82, 2.24) is 4.98 Å². The molecule has 2 atom stereocenters. The molecule has 1 aromatic rings. The highest BCUT2D eigenvalue weighted by molar-refractivity contribution is 5.60. The van der Waals surface area contributed by atoms with Crippen LogP contribution in [0.4, 0.5) is 11.5 Å². The van der Waals surface area contributed by atoms with Gasteiger partial charge >= 0.3 is 0 Å². The summed E-state index contributed by atoms with van der Waals surface area (Å²) in [5, 5.41) is 12.9. The molecule has 4 N–H and O–H groups in total. The topological polar surface area (TPSA) is 71.2 Å². The van der Waals surface area contributed by atoms with E-state index < -0.39 is 0 Å². The molecule has 1 fully saturated rings. The van der Waals surface area contributed by atoms with Crippen LogP contribution in [0.25, 0.3) is 0 Å². The first-order valence-electron chi connectivity index (χ1n) is 5.40. The second-order valence-corrected chi connectivity index (χ2v) is 4.08. The molecule has 0 spiro atoms. The van der Waals surface area contributed by atoms with Crippen LogP contribution in [0.5, 0.6) is 0 Å². The molecule has 0 bridgehead atoms. The van der Waals surface area contributed by atoms with Gasteiger partial charge in [-0.1, -0.05) is 6.42 Å². The van der Waals surface area contributed by atoms with E-state index in [0.717, 1.165) is 31.5 Å². The largest absolute Gasteiger partial charge is 0.393 e. The van der Waals surface area contributed by atoms with Crippen LogP contribution < -0.4 is 11.1 Å². The lowest BCUT2D eigenvalue weighted by atomic mass is 10.1. The molecule has 1 aromatic heterocycles. The molecule has 0 amide bonds. The van der Waals surface area contributed by atoms with Gasteiger partial charge in [0.25, 0.3) is 0 Å². The Morgan fingerprint density at radius 1 is 1.53 bits per heavy atom. The van der Waals surface area contributed by atoms with Gasteiger partial charge in [-0.3, -0.25) is 0 Å². The third-order valence-electron chi connectivity index (χ3n) is 3.01. The van der Waals surface area contributed by atoms with E-state index in [-0.39, 0.29) is 6.10 Å². The number of aliphatic hydroxyl groups is 1. The SMILES string of the molecule is Nc1ncccc1NCC1CCCC1O. The van der Waals surface area contributed by atoms with Crippen molar-refractivity contribution in [3.05, 3.63) is 18.3 Å². The summed E-state index contributed by atoms with van der Waals surface area (Å²) in [6.45, 7) is 0.775. The van der Waals surface area contributed by atoms with Gasteiger partial charge in [0.2, 0.25) is 0 Å². The van der Waals surface area contributed by atoms with Gasteiger partial charge in [0.05, 0.1) is 11.8 Å². The Hall–Kier alpha value is -1.29. The van der Waals surface area contributed by atoms with Gasteiger partial charge in [0, 0.05) is 18.7 Å². The highest BCUT2D eigenvalue weighted by Gasteiger charge is 2.24. The first kappa shape index (κ1) is 10.2. The summed E-state index contributed by atoms with van der Waals surface area (Å²) >= 11 is 0. The van der Waals surface area contributed by atoms with Crippen molar-refractivity contribution in [2.45, 2.75) is 25.4 Å². The summed E-state index contributed by atoms with van der Waals surface area (Å²) in [4.78, 5) is 4.00. The average molecular weight is 207 g/mol. The second kappa shape index (κ2) is 4.49. The van der Waals surface area contributed by atoms with Gasteiger partial charge in [-0.15, -0.1) is 0 Å². The summed E-state index contributed by atoms with van der Waals surface area (Å²) in [7, 11) is 0. The van der Waals surface area contributed by atoms with Crippen LogP contribution in [0.15, 0.2) is 18.3 Å². The Balaban J connectivity index is 1.90. The molecule has 0 aromatic carbocycles. The van der Waals surface area contributed by atoms with Gasteiger partial charge in [-0.25, -0.2) is 4.98 Å². The lowest BCUT2D eigenvalue weighted by molar-refractivity contribution is 0.138. The van der Waals surface area contributed by atoms with Gasteiger partial charge < -0.3 is 16.2 Å². The van der Waals surface area contributed by atoms with Crippen molar-refractivity contribution in [2.24, 2.45) is 5.92 Å². The van der Waals surface area contributed by atoms with Crippen LogP contribution >= 0.6 is 0 Å². The molecule has 1 saturated carbocycles. The monoisotopic (exact) mass is 207 g/mol. The Labute approximate surface area is 89.5 Å². The molecule has 4 nitrogen and oxygen atoms in total. The van der Waals surface area contributed by atoms with E-state index in [4.69, 9.17) is 5.73 Å². The molecule has 2 rings (SSSR count). The quantitative estimate of drug-likeness (QED) is 0.697. The Bertz CT molecular complexity index is 329. The number of anilines is 2. The molecule has 4 heteroatoms. The minimum absolute atomic E-state index is 0.157. The number of pyridine rings is 1. The standard InChI is InChI=1S/C11H17N3O/c12-11-9(4-2-6-13-11)14-7-8-3-1-5-10(8)15/h2,4,6,8,10,14-15H,1,3,5,7H2,(H2,12,13). The number of hydrogen-bond acceptors (Lipinski definition) is 4. The number of aliphatic hydroxyl groups excluding tert-OH is 1. The zero-order valence-electron chi connectivity index (χ0n) is 8.69. The molecule has 2 unspecified atom stereocenters. The second-order valence-electron chi connectivity index (χ2n) is 4.08. The number of aromatic nitrogens is 1. The predicted octanol–water partition coefficient (Wildman–Crippen LogP) is 1.24. The Kier molecular flexibility index (Phi) is 3.06. The molecule has 15 heavy (non-hydrogen) atoms. The maximum atomic E-state index is 9.65. The molecular formula is C11H17N3O. The van der Waals surface area contributed by atoms with Gasteiger partial charge in [-0.2, -0.15) is 0 Å². The highest BCUT2D eigenvalue weighted by atomic mass is 16.3. The molecule has 1 heterocycles. The number of rotatable bonds is 3. The summed E-state index contributed by atoms with van der Waals surface area (Å²) in [5.41, 5.74) is 6.56. The fraction of sp³-hybridized carbons (Fsp3) is 0.545. The molecule has 1 aliphatic carbocycles. The van der Waals surface area contributed by atoms with Crippen molar-refractivity contribution in [3.8, 4) is 0 Å². The highest BCUT2D eigenvalue weighted by Crippen LogP contribution is 2.26. The van der Waals surface area contributed by atoms with E-state index in [1.807, 2.05) is 12.1 Å². The summed E-state index contributed by atoms with van der Waals surface area (Å²) in [6.07, 6.45) is 4.65. The Morgan fingerprint density at radius 3 is 3.07 bits per heavy atom. The van der Waals surface area contributed by atoms with E-state index in [1.54, 1.807) is 6.20 Å². The predicted molar refractivity (Wildman–Crippen MR) is 60.5 cm³/mol. The number of hydrogen-bond donors (Lipinski definition) is 3. The van der Waals surface area contributed by atoms with E-state index in [2.05, 4.69) is 10.3 Å². The minimum Gasteiger partial charge on any atom is -0.393 e. The zero-order valence-corrected chi connectivity index (χ0v) is 8.69. The van der Waals surface area contributed by atoms with Crippen LogP contribution in [0.1, 0.15) is 19.3 Å². The van der Waals surface area contributed by atoms with Gasteiger partial charge in [0.1, 0.15) is 5.82 Å². The van der Waals surface area contributed by atoms with Crippen LogP contribution in [-0.4, -0.2) is 22.7 Å². The molecule has 0 radical (unpaired) electrons. The normalized spacial score (nSPS) is 25.4. The number of nitrogen functional groups attached to an aromatic ring is 1. The number of nitrogens with one attached hydrogen (secondary N) is 1. The van der Waals surface area contributed by atoms with E-state index in [9.17, 15) is 5.11 Å². The third kappa shape index (κ3) is 2.39. The molecule has 0 aliphatic heterocycles. The average Bonchev–Trinajstić information content (AvgIpc) is 2.63. The third-order valence-corrected chi connectivity index (χ3v) is 3.01. The Morgan fingerprint density at radius 2 is 2.40 bits per heavy atom. The summed E-state index contributed by atoms with van der Waals surface area (Å²) in [5.74, 6) is 0.870. The zero-order chi connectivity index (χ0) is 10.7. The first-order chi connectivity index (χ1) is 7.27. The van der Waals surface area contributed by atoms with Crippen molar-refractivity contribution >= 4 is 11.5 Å². The first-order valence-corrected chi connectivity index (χ1v) is 5.40. The summed E-state index contributed by atoms with van der Waals surface area (Å²) in [6, 6.07) is 3.76. The van der Waals surface area contributed by atoms with E-state index >= 15 is 0 Å². The van der Waals surface area contributed by atoms with Crippen molar-refractivity contribution < 1.29 is 5.11 Å². The van der Waals surface area contributed by atoms with Crippen LogP contribution in [0.2, 0.25) is 0 Å². The fourth-order valence-corrected chi connectivity index (χ4v) is 2.06. The minimum atomic E-state index is -0.157. The van der Waals surface area contributed by atoms with Crippen LogP contribution in [0.3, 0.4) is 0 Å². The number of nitrogens with zero attached hydrogens (tertiary/aromatic N) is 1. The molecular weight excluding hydrogens is 190 g/mol. The van der Waals surface area contributed by atoms with Crippen LogP contribution in [0, 0.1) is 5.92 Å². The van der Waals surface area contributed by atoms with Gasteiger partial charge in [0.15, 0.2) is 0 Å². The molecule has 0 saturated heterocycles. The van der Waals surface area contributed by atoms with Crippen molar-refractivity contribution in [3.63, 3.8) is 0 Å².